The van der Waals surface area contributed by atoms with E-state index >= 15 is 0 Å². The summed E-state index contributed by atoms with van der Waals surface area (Å²) in [6, 6.07) is 13.7. The molecule has 7 nitrogen and oxygen atoms in total. The molecule has 1 amide bonds. The highest BCUT2D eigenvalue weighted by Gasteiger charge is 2.24. The number of carbonyl (C=O) groups is 2. The lowest BCUT2D eigenvalue weighted by molar-refractivity contribution is -0.384. The summed E-state index contributed by atoms with van der Waals surface area (Å²) in [5, 5.41) is 13.4. The maximum atomic E-state index is 12.4. The fourth-order valence-corrected chi connectivity index (χ4v) is 2.49. The normalized spacial score (nSPS) is 11.7. The van der Waals surface area contributed by atoms with Crippen molar-refractivity contribution in [1.29, 1.82) is 0 Å². The van der Waals surface area contributed by atoms with Crippen LogP contribution in [0, 0.1) is 16.0 Å². The number of benzene rings is 2. The van der Waals surface area contributed by atoms with Crippen molar-refractivity contribution in [2.75, 3.05) is 0 Å². The predicted molar refractivity (Wildman–Crippen MR) is 100 cm³/mol. The van der Waals surface area contributed by atoms with Crippen molar-refractivity contribution in [3.8, 4) is 0 Å². The van der Waals surface area contributed by atoms with E-state index < -0.39 is 16.9 Å². The summed E-state index contributed by atoms with van der Waals surface area (Å²) in [6.45, 7) is 3.88. The lowest BCUT2D eigenvalue weighted by Crippen LogP contribution is -2.42. The Morgan fingerprint density at radius 3 is 2.26 bits per heavy atom. The molecule has 0 fully saturated rings. The molecule has 27 heavy (non-hydrogen) atoms. The zero-order valence-electron chi connectivity index (χ0n) is 15.3. The van der Waals surface area contributed by atoms with Gasteiger partial charge in [-0.3, -0.25) is 14.9 Å². The molecule has 0 radical (unpaired) electrons. The Bertz CT molecular complexity index is 788. The number of amides is 1. The van der Waals surface area contributed by atoms with Crippen LogP contribution in [0.25, 0.3) is 0 Å². The molecule has 7 heteroatoms. The molecule has 0 aliphatic rings. The molecular formula is C20H22N2O5. The van der Waals surface area contributed by atoms with Crippen LogP contribution in [-0.4, -0.2) is 22.8 Å². The van der Waals surface area contributed by atoms with Crippen molar-refractivity contribution in [2.24, 2.45) is 5.92 Å². The predicted octanol–water partition coefficient (Wildman–Crippen LogP) is 3.48. The van der Waals surface area contributed by atoms with Gasteiger partial charge in [-0.1, -0.05) is 32.0 Å². The van der Waals surface area contributed by atoms with Gasteiger partial charge in [-0.05, 0) is 42.2 Å². The summed E-state index contributed by atoms with van der Waals surface area (Å²) < 4.78 is 5.30. The van der Waals surface area contributed by atoms with Crippen LogP contribution in [0.5, 0.6) is 0 Å². The Labute approximate surface area is 157 Å². The van der Waals surface area contributed by atoms with Crippen molar-refractivity contribution in [3.63, 3.8) is 0 Å². The standard InChI is InChI=1S/C20H22N2O5/c1-14(2)12-18(21-19(23)16-6-4-3-5-7-16)20(24)27-13-15-8-10-17(11-9-15)22(25)26/h3-11,14,18H,12-13H2,1-2H3,(H,21,23). The first-order chi connectivity index (χ1) is 12.9. The Hall–Kier alpha value is -3.22. The molecule has 0 bridgehead atoms. The van der Waals surface area contributed by atoms with Gasteiger partial charge >= 0.3 is 5.97 Å². The van der Waals surface area contributed by atoms with Gasteiger partial charge in [-0.15, -0.1) is 0 Å². The van der Waals surface area contributed by atoms with E-state index in [1.807, 2.05) is 13.8 Å². The van der Waals surface area contributed by atoms with Crippen LogP contribution in [0.3, 0.4) is 0 Å². The molecule has 142 valence electrons. The Balaban J connectivity index is 1.99. The van der Waals surface area contributed by atoms with Gasteiger partial charge in [0, 0.05) is 17.7 Å². The first-order valence-corrected chi connectivity index (χ1v) is 8.62. The third-order valence-electron chi connectivity index (χ3n) is 3.86. The van der Waals surface area contributed by atoms with E-state index in [4.69, 9.17) is 4.74 Å². The summed E-state index contributed by atoms with van der Waals surface area (Å²) in [7, 11) is 0. The molecule has 0 aliphatic carbocycles. The van der Waals surface area contributed by atoms with Crippen LogP contribution >= 0.6 is 0 Å². The number of rotatable bonds is 8. The highest BCUT2D eigenvalue weighted by atomic mass is 16.6. The average Bonchev–Trinajstić information content (AvgIpc) is 2.66. The number of hydrogen-bond acceptors (Lipinski definition) is 5. The summed E-state index contributed by atoms with van der Waals surface area (Å²) in [5.74, 6) is -0.696. The van der Waals surface area contributed by atoms with Gasteiger partial charge in [0.05, 0.1) is 4.92 Å². The van der Waals surface area contributed by atoms with Gasteiger partial charge in [-0.2, -0.15) is 0 Å². The highest BCUT2D eigenvalue weighted by molar-refractivity contribution is 5.96. The van der Waals surface area contributed by atoms with Crippen LogP contribution in [0.15, 0.2) is 54.6 Å². The summed E-state index contributed by atoms with van der Waals surface area (Å²) >= 11 is 0. The van der Waals surface area contributed by atoms with Crippen molar-refractivity contribution in [3.05, 3.63) is 75.8 Å². The smallest absolute Gasteiger partial charge is 0.328 e. The van der Waals surface area contributed by atoms with Crippen molar-refractivity contribution in [1.82, 2.24) is 5.32 Å². The Morgan fingerprint density at radius 1 is 1.07 bits per heavy atom. The van der Waals surface area contributed by atoms with E-state index in [2.05, 4.69) is 5.32 Å². The topological polar surface area (TPSA) is 98.5 Å². The fraction of sp³-hybridized carbons (Fsp3) is 0.300. The molecule has 1 unspecified atom stereocenters. The molecule has 2 aromatic rings. The first-order valence-electron chi connectivity index (χ1n) is 8.62. The zero-order chi connectivity index (χ0) is 19.8. The number of nitro groups is 1. The number of nitrogens with zero attached hydrogens (tertiary/aromatic N) is 1. The van der Waals surface area contributed by atoms with Gasteiger partial charge < -0.3 is 10.1 Å². The van der Waals surface area contributed by atoms with Gasteiger partial charge in [-0.25, -0.2) is 4.79 Å². The number of non-ortho nitro benzene ring substituents is 1. The van der Waals surface area contributed by atoms with E-state index in [0.717, 1.165) is 0 Å². The lowest BCUT2D eigenvalue weighted by Gasteiger charge is -2.19. The molecular weight excluding hydrogens is 348 g/mol. The van der Waals surface area contributed by atoms with Crippen LogP contribution in [0.1, 0.15) is 36.2 Å². The van der Waals surface area contributed by atoms with Crippen LogP contribution in [0.4, 0.5) is 5.69 Å². The molecule has 0 spiro atoms. The molecule has 0 heterocycles. The largest absolute Gasteiger partial charge is 0.459 e. The minimum absolute atomic E-state index is 0.0212. The number of carbonyl (C=O) groups excluding carboxylic acids is 2. The average molecular weight is 370 g/mol. The van der Waals surface area contributed by atoms with Crippen molar-refractivity contribution < 1.29 is 19.2 Å². The second-order valence-electron chi connectivity index (χ2n) is 6.55. The van der Waals surface area contributed by atoms with E-state index in [-0.39, 0.29) is 24.1 Å². The maximum Gasteiger partial charge on any atom is 0.328 e. The van der Waals surface area contributed by atoms with Crippen LogP contribution in [-0.2, 0) is 16.1 Å². The number of esters is 1. The molecule has 0 aliphatic heterocycles. The summed E-state index contributed by atoms with van der Waals surface area (Å²) in [6.07, 6.45) is 0.442. The van der Waals surface area contributed by atoms with E-state index in [1.165, 1.54) is 24.3 Å². The van der Waals surface area contributed by atoms with Crippen LogP contribution in [0.2, 0.25) is 0 Å². The Morgan fingerprint density at radius 2 is 1.70 bits per heavy atom. The minimum atomic E-state index is -0.768. The SMILES string of the molecule is CC(C)CC(NC(=O)c1ccccc1)C(=O)OCc1ccc([N+](=O)[O-])cc1. The van der Waals surface area contributed by atoms with Gasteiger partial charge in [0.25, 0.3) is 11.6 Å². The van der Waals surface area contributed by atoms with Crippen molar-refractivity contribution >= 4 is 17.6 Å². The molecule has 0 aromatic heterocycles. The highest BCUT2D eigenvalue weighted by Crippen LogP contribution is 2.14. The van der Waals surface area contributed by atoms with Gasteiger partial charge in [0.2, 0.25) is 0 Å². The molecule has 1 N–H and O–H groups in total. The Kier molecular flexibility index (Phi) is 7.05. The fourth-order valence-electron chi connectivity index (χ4n) is 2.49. The molecule has 1 atom stereocenters. The van der Waals surface area contributed by atoms with E-state index in [9.17, 15) is 19.7 Å². The second-order valence-corrected chi connectivity index (χ2v) is 6.55. The van der Waals surface area contributed by atoms with Crippen LogP contribution < -0.4 is 5.32 Å². The number of nitrogens with one attached hydrogen (secondary N) is 1. The molecule has 2 aromatic carbocycles. The second kappa shape index (κ2) is 9.47. The first kappa shape index (κ1) is 20.1. The number of nitro benzene ring substituents is 1. The maximum absolute atomic E-state index is 12.4. The van der Waals surface area contributed by atoms with Gasteiger partial charge in [0.1, 0.15) is 12.6 Å². The zero-order valence-corrected chi connectivity index (χ0v) is 15.3. The number of ether oxygens (including phenoxy) is 1. The molecule has 0 saturated carbocycles. The van der Waals surface area contributed by atoms with E-state index in [1.54, 1.807) is 30.3 Å². The van der Waals surface area contributed by atoms with E-state index in [0.29, 0.717) is 17.5 Å². The van der Waals surface area contributed by atoms with Crippen molar-refractivity contribution in [2.45, 2.75) is 32.9 Å². The van der Waals surface area contributed by atoms with Gasteiger partial charge in [0.15, 0.2) is 0 Å². The summed E-state index contributed by atoms with van der Waals surface area (Å²) in [5.41, 5.74) is 1.07. The monoisotopic (exact) mass is 370 g/mol. The lowest BCUT2D eigenvalue weighted by atomic mass is 10.0. The third-order valence-corrected chi connectivity index (χ3v) is 3.86. The summed E-state index contributed by atoms with van der Waals surface area (Å²) in [4.78, 5) is 35.0. The minimum Gasteiger partial charge on any atom is -0.459 e. The molecule has 2 rings (SSSR count). The number of hydrogen-bond donors (Lipinski definition) is 1. The third kappa shape index (κ3) is 6.22. The quantitative estimate of drug-likeness (QED) is 0.436. The molecule has 0 saturated heterocycles.